The highest BCUT2D eigenvalue weighted by Gasteiger charge is 2.09. The molecule has 6 heteroatoms. The van der Waals surface area contributed by atoms with Crippen LogP contribution in [0.2, 0.25) is 0 Å². The Morgan fingerprint density at radius 2 is 2.00 bits per heavy atom. The standard InChI is InChI=1S/C16H20N4O2/c1-20(2)9-8-17-16(21)14-10-15(19-12-18-14)22-11-13-6-4-3-5-7-13/h3-7,10,12H,8-9,11H2,1-2H3,(H,17,21). The second kappa shape index (κ2) is 8.09. The summed E-state index contributed by atoms with van der Waals surface area (Å²) in [5.41, 5.74) is 1.34. The molecule has 116 valence electrons. The molecule has 0 saturated heterocycles. The fraction of sp³-hybridized carbons (Fsp3) is 0.312. The van der Waals surface area contributed by atoms with Gasteiger partial charge < -0.3 is 15.0 Å². The van der Waals surface area contributed by atoms with Gasteiger partial charge in [0.1, 0.15) is 18.6 Å². The molecule has 0 spiro atoms. The molecular formula is C16H20N4O2. The Kier molecular flexibility index (Phi) is 5.85. The summed E-state index contributed by atoms with van der Waals surface area (Å²) < 4.78 is 5.59. The molecule has 0 aliphatic carbocycles. The zero-order chi connectivity index (χ0) is 15.8. The van der Waals surface area contributed by atoms with Gasteiger partial charge in [-0.2, -0.15) is 0 Å². The zero-order valence-corrected chi connectivity index (χ0v) is 12.8. The average Bonchev–Trinajstić information content (AvgIpc) is 2.54. The maximum atomic E-state index is 12.0. The molecule has 2 aromatic rings. The molecule has 2 rings (SSSR count). The van der Waals surface area contributed by atoms with Crippen molar-refractivity contribution in [2.24, 2.45) is 0 Å². The lowest BCUT2D eigenvalue weighted by Crippen LogP contribution is -2.31. The van der Waals surface area contributed by atoms with Crippen LogP contribution in [0.15, 0.2) is 42.7 Å². The lowest BCUT2D eigenvalue weighted by atomic mass is 10.2. The molecule has 6 nitrogen and oxygen atoms in total. The Hall–Kier alpha value is -2.47. The van der Waals surface area contributed by atoms with Crippen molar-refractivity contribution in [1.29, 1.82) is 0 Å². The number of ether oxygens (including phenoxy) is 1. The van der Waals surface area contributed by atoms with Crippen LogP contribution in [0.4, 0.5) is 0 Å². The second-order valence-corrected chi connectivity index (χ2v) is 5.07. The molecule has 1 amide bonds. The van der Waals surface area contributed by atoms with Crippen molar-refractivity contribution in [3.8, 4) is 5.88 Å². The minimum Gasteiger partial charge on any atom is -0.473 e. The highest BCUT2D eigenvalue weighted by molar-refractivity contribution is 5.92. The van der Waals surface area contributed by atoms with Crippen molar-refractivity contribution in [2.45, 2.75) is 6.61 Å². The van der Waals surface area contributed by atoms with Gasteiger partial charge in [0.25, 0.3) is 5.91 Å². The molecule has 22 heavy (non-hydrogen) atoms. The number of carbonyl (C=O) groups is 1. The third-order valence-electron chi connectivity index (χ3n) is 2.95. The van der Waals surface area contributed by atoms with Crippen molar-refractivity contribution in [2.75, 3.05) is 27.2 Å². The molecule has 1 aromatic heterocycles. The summed E-state index contributed by atoms with van der Waals surface area (Å²) in [6, 6.07) is 11.3. The first kappa shape index (κ1) is 15.9. The van der Waals surface area contributed by atoms with E-state index >= 15 is 0 Å². The number of hydrogen-bond donors (Lipinski definition) is 1. The van der Waals surface area contributed by atoms with Crippen molar-refractivity contribution in [1.82, 2.24) is 20.2 Å². The van der Waals surface area contributed by atoms with E-state index in [1.54, 1.807) is 6.07 Å². The normalized spacial score (nSPS) is 10.5. The van der Waals surface area contributed by atoms with Crippen LogP contribution >= 0.6 is 0 Å². The molecule has 0 aliphatic rings. The van der Waals surface area contributed by atoms with Gasteiger partial charge in [-0.25, -0.2) is 9.97 Å². The van der Waals surface area contributed by atoms with Crippen LogP contribution < -0.4 is 10.1 Å². The van der Waals surface area contributed by atoms with E-state index in [9.17, 15) is 4.79 Å². The van der Waals surface area contributed by atoms with E-state index in [4.69, 9.17) is 4.74 Å². The smallest absolute Gasteiger partial charge is 0.270 e. The summed E-state index contributed by atoms with van der Waals surface area (Å²) in [7, 11) is 3.90. The molecule has 1 N–H and O–H groups in total. The fourth-order valence-corrected chi connectivity index (χ4v) is 1.76. The number of carbonyl (C=O) groups excluding carboxylic acids is 1. The fourth-order valence-electron chi connectivity index (χ4n) is 1.76. The van der Waals surface area contributed by atoms with Gasteiger partial charge in [-0.05, 0) is 19.7 Å². The number of nitrogens with zero attached hydrogens (tertiary/aromatic N) is 3. The van der Waals surface area contributed by atoms with Crippen molar-refractivity contribution < 1.29 is 9.53 Å². The van der Waals surface area contributed by atoms with Crippen molar-refractivity contribution in [3.05, 3.63) is 54.0 Å². The van der Waals surface area contributed by atoms with E-state index < -0.39 is 0 Å². The first-order chi connectivity index (χ1) is 10.6. The topological polar surface area (TPSA) is 67.4 Å². The Bertz CT molecular complexity index is 602. The van der Waals surface area contributed by atoms with E-state index in [0.717, 1.165) is 12.1 Å². The molecule has 0 bridgehead atoms. The monoisotopic (exact) mass is 300 g/mol. The second-order valence-electron chi connectivity index (χ2n) is 5.07. The van der Waals surface area contributed by atoms with Crippen molar-refractivity contribution in [3.63, 3.8) is 0 Å². The Morgan fingerprint density at radius 1 is 1.23 bits per heavy atom. The summed E-state index contributed by atoms with van der Waals surface area (Å²) in [6.07, 6.45) is 1.33. The first-order valence-corrected chi connectivity index (χ1v) is 7.07. The Morgan fingerprint density at radius 3 is 2.73 bits per heavy atom. The van der Waals surface area contributed by atoms with Crippen LogP contribution in [0.25, 0.3) is 0 Å². The largest absolute Gasteiger partial charge is 0.473 e. The van der Waals surface area contributed by atoms with E-state index in [2.05, 4.69) is 15.3 Å². The van der Waals surface area contributed by atoms with Crippen LogP contribution in [0.3, 0.4) is 0 Å². The number of benzene rings is 1. The first-order valence-electron chi connectivity index (χ1n) is 7.07. The lowest BCUT2D eigenvalue weighted by molar-refractivity contribution is 0.0945. The summed E-state index contributed by atoms with van der Waals surface area (Å²) in [6.45, 7) is 1.74. The van der Waals surface area contributed by atoms with Gasteiger partial charge in [0.05, 0.1) is 0 Å². The third-order valence-corrected chi connectivity index (χ3v) is 2.95. The molecular weight excluding hydrogens is 280 g/mol. The minimum atomic E-state index is -0.228. The van der Waals surface area contributed by atoms with Gasteiger partial charge in [-0.3, -0.25) is 4.79 Å². The molecule has 0 saturated carbocycles. The molecule has 1 heterocycles. The number of likely N-dealkylation sites (N-methyl/N-ethyl adjacent to an activating group) is 1. The average molecular weight is 300 g/mol. The van der Waals surface area contributed by atoms with Crippen molar-refractivity contribution >= 4 is 5.91 Å². The van der Waals surface area contributed by atoms with Gasteiger partial charge >= 0.3 is 0 Å². The molecule has 1 aromatic carbocycles. The number of aromatic nitrogens is 2. The van der Waals surface area contributed by atoms with Crippen LogP contribution in [0.1, 0.15) is 16.1 Å². The molecule has 0 unspecified atom stereocenters. The maximum absolute atomic E-state index is 12.0. The van der Waals surface area contributed by atoms with Gasteiger partial charge in [0.2, 0.25) is 5.88 Å². The molecule has 0 aliphatic heterocycles. The molecule has 0 radical (unpaired) electrons. The van der Waals surface area contributed by atoms with Gasteiger partial charge in [-0.15, -0.1) is 0 Å². The van der Waals surface area contributed by atoms with Gasteiger partial charge in [0, 0.05) is 19.2 Å². The number of rotatable bonds is 7. The number of nitrogens with one attached hydrogen (secondary N) is 1. The molecule has 0 atom stereocenters. The van der Waals surface area contributed by atoms with Crippen LogP contribution in [-0.2, 0) is 6.61 Å². The highest BCUT2D eigenvalue weighted by atomic mass is 16.5. The highest BCUT2D eigenvalue weighted by Crippen LogP contribution is 2.10. The van der Waals surface area contributed by atoms with E-state index in [1.807, 2.05) is 49.3 Å². The minimum absolute atomic E-state index is 0.228. The van der Waals surface area contributed by atoms with Crippen LogP contribution in [0, 0.1) is 0 Å². The van der Waals surface area contributed by atoms with Crippen LogP contribution in [-0.4, -0.2) is 48.0 Å². The predicted octanol–water partition coefficient (Wildman–Crippen LogP) is 1.35. The predicted molar refractivity (Wildman–Crippen MR) is 83.7 cm³/mol. The Labute approximate surface area is 130 Å². The maximum Gasteiger partial charge on any atom is 0.270 e. The summed E-state index contributed by atoms with van der Waals surface area (Å²) >= 11 is 0. The summed E-state index contributed by atoms with van der Waals surface area (Å²) in [4.78, 5) is 22.0. The quantitative estimate of drug-likeness (QED) is 0.836. The number of amides is 1. The SMILES string of the molecule is CN(C)CCNC(=O)c1cc(OCc2ccccc2)ncn1. The molecule has 0 fully saturated rings. The lowest BCUT2D eigenvalue weighted by Gasteiger charge is -2.10. The number of hydrogen-bond acceptors (Lipinski definition) is 5. The van der Waals surface area contributed by atoms with E-state index in [0.29, 0.717) is 24.7 Å². The van der Waals surface area contributed by atoms with E-state index in [-0.39, 0.29) is 5.91 Å². The summed E-state index contributed by atoms with van der Waals surface area (Å²) in [5, 5.41) is 2.80. The van der Waals surface area contributed by atoms with E-state index in [1.165, 1.54) is 6.33 Å². The van der Waals surface area contributed by atoms with Gasteiger partial charge in [-0.1, -0.05) is 30.3 Å². The third kappa shape index (κ3) is 5.14. The van der Waals surface area contributed by atoms with Crippen LogP contribution in [0.5, 0.6) is 5.88 Å². The zero-order valence-electron chi connectivity index (χ0n) is 12.8. The Balaban J connectivity index is 1.90. The van der Waals surface area contributed by atoms with Gasteiger partial charge in [0.15, 0.2) is 0 Å². The summed E-state index contributed by atoms with van der Waals surface area (Å²) in [5.74, 6) is 0.158.